The maximum Gasteiger partial charge on any atom is 0.411 e. The van der Waals surface area contributed by atoms with E-state index in [0.717, 1.165) is 19.3 Å². The van der Waals surface area contributed by atoms with E-state index in [9.17, 15) is 14.0 Å². The van der Waals surface area contributed by atoms with Crippen LogP contribution in [0.25, 0.3) is 11.3 Å². The summed E-state index contributed by atoms with van der Waals surface area (Å²) in [7, 11) is 0. The third kappa shape index (κ3) is 4.68. The van der Waals surface area contributed by atoms with Gasteiger partial charge in [-0.25, -0.2) is 29.1 Å². The van der Waals surface area contributed by atoms with Gasteiger partial charge in [-0.05, 0) is 52.5 Å². The van der Waals surface area contributed by atoms with Crippen LogP contribution in [0.2, 0.25) is 0 Å². The Morgan fingerprint density at radius 3 is 2.53 bits per heavy atom. The van der Waals surface area contributed by atoms with Gasteiger partial charge in [-0.2, -0.15) is 0 Å². The lowest BCUT2D eigenvalue weighted by Crippen LogP contribution is -2.51. The van der Waals surface area contributed by atoms with Crippen LogP contribution in [0.3, 0.4) is 0 Å². The summed E-state index contributed by atoms with van der Waals surface area (Å²) >= 11 is 0. The molecule has 2 aromatic heterocycles. The van der Waals surface area contributed by atoms with Gasteiger partial charge >= 0.3 is 6.09 Å². The van der Waals surface area contributed by atoms with Gasteiger partial charge < -0.3 is 10.1 Å². The van der Waals surface area contributed by atoms with E-state index in [0.29, 0.717) is 23.4 Å². The zero-order valence-corrected chi connectivity index (χ0v) is 18.5. The molecule has 1 saturated heterocycles. The van der Waals surface area contributed by atoms with Crippen LogP contribution < -0.4 is 5.32 Å². The minimum Gasteiger partial charge on any atom is -0.444 e. The number of carbonyl (C=O) groups excluding carboxylic acids is 2. The standard InChI is InChI=1S/C22H27FN6O3/c1-21(2,3)32-20(31)29-17(4-5-22(29)6-7-22)19(30)26-12-15-8-16(28-13-27-15)14-10-24-18(9-23)25-11-14/h8,10-11,13,17H,4-7,9,12H2,1-3H3,(H,26,30)/t17-/m0/s1. The second kappa shape index (κ2) is 8.40. The predicted octanol–water partition coefficient (Wildman–Crippen LogP) is 2.95. The molecule has 2 fully saturated rings. The minimum atomic E-state index is -0.732. The van der Waals surface area contributed by atoms with Gasteiger partial charge in [0.1, 0.15) is 24.6 Å². The summed E-state index contributed by atoms with van der Waals surface area (Å²) in [5, 5.41) is 2.89. The van der Waals surface area contributed by atoms with E-state index in [1.807, 2.05) is 20.8 Å². The number of ether oxygens (including phenoxy) is 1. The number of likely N-dealkylation sites (tertiary alicyclic amines) is 1. The number of nitrogens with one attached hydrogen (secondary N) is 1. The van der Waals surface area contributed by atoms with Gasteiger partial charge in [0, 0.05) is 23.5 Å². The summed E-state index contributed by atoms with van der Waals surface area (Å²) in [6.07, 6.45) is 7.16. The molecule has 1 saturated carbocycles. The van der Waals surface area contributed by atoms with Gasteiger partial charge in [0.15, 0.2) is 5.82 Å². The quantitative estimate of drug-likeness (QED) is 0.758. The van der Waals surface area contributed by atoms with Crippen LogP contribution >= 0.6 is 0 Å². The maximum absolute atomic E-state index is 13.0. The number of carbonyl (C=O) groups is 2. The summed E-state index contributed by atoms with van der Waals surface area (Å²) in [6.45, 7) is 4.91. The topological polar surface area (TPSA) is 110 Å². The van der Waals surface area contributed by atoms with E-state index in [-0.39, 0.29) is 23.8 Å². The second-order valence-electron chi connectivity index (χ2n) is 9.26. The lowest BCUT2D eigenvalue weighted by molar-refractivity contribution is -0.126. The molecule has 1 N–H and O–H groups in total. The molecule has 2 amide bonds. The van der Waals surface area contributed by atoms with Crippen molar-refractivity contribution >= 4 is 12.0 Å². The van der Waals surface area contributed by atoms with Gasteiger partial charge in [0.25, 0.3) is 0 Å². The highest BCUT2D eigenvalue weighted by Gasteiger charge is 2.59. The molecule has 0 aromatic carbocycles. The van der Waals surface area contributed by atoms with Gasteiger partial charge in [-0.15, -0.1) is 0 Å². The first-order valence-electron chi connectivity index (χ1n) is 10.7. The second-order valence-corrected chi connectivity index (χ2v) is 9.26. The Labute approximate surface area is 185 Å². The zero-order chi connectivity index (χ0) is 22.9. The van der Waals surface area contributed by atoms with E-state index in [1.165, 1.54) is 18.7 Å². The van der Waals surface area contributed by atoms with Crippen LogP contribution in [0.5, 0.6) is 0 Å². The molecule has 0 unspecified atom stereocenters. The fraction of sp³-hybridized carbons (Fsp3) is 0.545. The molecular formula is C22H27FN6O3. The third-order valence-corrected chi connectivity index (χ3v) is 5.71. The Hall–Kier alpha value is -3.17. The van der Waals surface area contributed by atoms with Crippen molar-refractivity contribution in [1.82, 2.24) is 30.2 Å². The number of hydrogen-bond donors (Lipinski definition) is 1. The fourth-order valence-electron chi connectivity index (χ4n) is 4.00. The number of alkyl halides is 1. The molecule has 0 bridgehead atoms. The van der Waals surface area contributed by atoms with E-state index >= 15 is 0 Å². The zero-order valence-electron chi connectivity index (χ0n) is 18.5. The van der Waals surface area contributed by atoms with Gasteiger partial charge in [0.2, 0.25) is 5.91 Å². The minimum absolute atomic E-state index is 0.106. The first-order valence-corrected chi connectivity index (χ1v) is 10.7. The number of rotatable bonds is 5. The van der Waals surface area contributed by atoms with Crippen LogP contribution in [-0.4, -0.2) is 54.0 Å². The van der Waals surface area contributed by atoms with Crippen molar-refractivity contribution in [2.75, 3.05) is 0 Å². The summed E-state index contributed by atoms with van der Waals surface area (Å²) in [6, 6.07) is 1.16. The van der Waals surface area contributed by atoms with Crippen LogP contribution in [-0.2, 0) is 22.8 Å². The van der Waals surface area contributed by atoms with E-state index in [1.54, 1.807) is 11.0 Å². The molecule has 170 valence electrons. The van der Waals surface area contributed by atoms with E-state index < -0.39 is 24.4 Å². The van der Waals surface area contributed by atoms with Gasteiger partial charge in [-0.1, -0.05) is 0 Å². The van der Waals surface area contributed by atoms with Crippen molar-refractivity contribution < 1.29 is 18.7 Å². The number of hydrogen-bond acceptors (Lipinski definition) is 7. The highest BCUT2D eigenvalue weighted by molar-refractivity contribution is 5.87. The highest BCUT2D eigenvalue weighted by atomic mass is 19.1. The van der Waals surface area contributed by atoms with Gasteiger partial charge in [0.05, 0.1) is 17.9 Å². The lowest BCUT2D eigenvalue weighted by Gasteiger charge is -2.32. The maximum atomic E-state index is 13.0. The predicted molar refractivity (Wildman–Crippen MR) is 113 cm³/mol. The molecule has 10 heteroatoms. The smallest absolute Gasteiger partial charge is 0.411 e. The molecule has 1 spiro atoms. The number of aromatic nitrogens is 4. The largest absolute Gasteiger partial charge is 0.444 e. The van der Waals surface area contributed by atoms with Crippen molar-refractivity contribution in [3.63, 3.8) is 0 Å². The SMILES string of the molecule is CC(C)(C)OC(=O)N1[C@H](C(=O)NCc2cc(-c3cnc(CF)nc3)ncn2)CCC12CC2. The summed E-state index contributed by atoms with van der Waals surface area (Å²) in [5.41, 5.74) is 0.932. The normalized spacial score (nSPS) is 19.1. The number of nitrogens with zero attached hydrogens (tertiary/aromatic N) is 5. The fourth-order valence-corrected chi connectivity index (χ4v) is 4.00. The average Bonchev–Trinajstić information content (AvgIpc) is 3.43. The molecule has 0 radical (unpaired) electrons. The first kappa shape index (κ1) is 22.0. The van der Waals surface area contributed by atoms with Crippen LogP contribution in [0.4, 0.5) is 9.18 Å². The molecule has 1 atom stereocenters. The molecule has 2 aromatic rings. The number of amides is 2. The summed E-state index contributed by atoms with van der Waals surface area (Å²) in [5.74, 6) is -0.120. The van der Waals surface area contributed by atoms with Crippen LogP contribution in [0, 0.1) is 0 Å². The Balaban J connectivity index is 1.42. The van der Waals surface area contributed by atoms with E-state index in [2.05, 4.69) is 25.3 Å². The van der Waals surface area contributed by atoms with E-state index in [4.69, 9.17) is 4.74 Å². The Kier molecular flexibility index (Phi) is 5.79. The molecular weight excluding hydrogens is 415 g/mol. The molecule has 2 aliphatic rings. The highest BCUT2D eigenvalue weighted by Crippen LogP contribution is 2.52. The molecule has 9 nitrogen and oxygen atoms in total. The Morgan fingerprint density at radius 2 is 1.91 bits per heavy atom. The van der Waals surface area contributed by atoms with Crippen molar-refractivity contribution in [1.29, 1.82) is 0 Å². The molecule has 1 aliphatic heterocycles. The monoisotopic (exact) mass is 442 g/mol. The number of halogens is 1. The summed E-state index contributed by atoms with van der Waals surface area (Å²) < 4.78 is 18.2. The Morgan fingerprint density at radius 1 is 1.19 bits per heavy atom. The molecule has 4 rings (SSSR count). The summed E-state index contributed by atoms with van der Waals surface area (Å²) in [4.78, 5) is 43.7. The van der Waals surface area contributed by atoms with Crippen LogP contribution in [0.15, 0.2) is 24.8 Å². The van der Waals surface area contributed by atoms with Crippen molar-refractivity contribution in [3.8, 4) is 11.3 Å². The van der Waals surface area contributed by atoms with Gasteiger partial charge in [-0.3, -0.25) is 9.69 Å². The third-order valence-electron chi connectivity index (χ3n) is 5.71. The van der Waals surface area contributed by atoms with Crippen molar-refractivity contribution in [2.24, 2.45) is 0 Å². The van der Waals surface area contributed by atoms with Crippen molar-refractivity contribution in [3.05, 3.63) is 36.3 Å². The molecule has 1 aliphatic carbocycles. The first-order chi connectivity index (χ1) is 15.2. The van der Waals surface area contributed by atoms with Crippen LogP contribution in [0.1, 0.15) is 58.0 Å². The molecule has 3 heterocycles. The average molecular weight is 442 g/mol. The lowest BCUT2D eigenvalue weighted by atomic mass is 10.1. The Bertz CT molecular complexity index is 1000. The molecule has 32 heavy (non-hydrogen) atoms. The van der Waals surface area contributed by atoms with Crippen molar-refractivity contribution in [2.45, 2.75) is 76.9 Å².